The number of aromatic nitrogens is 3. The molecule has 1 fully saturated rings. The van der Waals surface area contributed by atoms with Crippen LogP contribution in [0.5, 0.6) is 0 Å². The number of carbonyl (C=O) groups excluding carboxylic acids is 2. The monoisotopic (exact) mass is 574 g/mol. The molecule has 0 radical (unpaired) electrons. The van der Waals surface area contributed by atoms with E-state index in [1.807, 2.05) is 31.2 Å². The van der Waals surface area contributed by atoms with Gasteiger partial charge in [0, 0.05) is 26.6 Å². The lowest BCUT2D eigenvalue weighted by molar-refractivity contribution is -0.141. The average Bonchev–Trinajstić information content (AvgIpc) is 3.60. The minimum atomic E-state index is -4.09. The van der Waals surface area contributed by atoms with Gasteiger partial charge in [-0.25, -0.2) is 13.4 Å². The van der Waals surface area contributed by atoms with Crippen LogP contribution in [-0.4, -0.2) is 69.7 Å². The van der Waals surface area contributed by atoms with E-state index in [1.54, 1.807) is 37.6 Å². The number of nitrogens with zero attached hydrogens (tertiary/aromatic N) is 4. The standard InChI is InChI=1S/C26H34N6O5S2/c1-16-22(38-15-28-16)18-8-6-17(7-9-18)13-27-24(34)20-12-19(33)14-32(20)25(35)23(26(2,3)4)30-39(36,37)21-10-11-29-31(21)5/h6-11,15,19-20,23,30,33H,12-14H2,1-5H3,(H,27,34)/t19-,20+,23-/m1/s1. The molecule has 2 amide bonds. The molecule has 39 heavy (non-hydrogen) atoms. The molecule has 2 aromatic heterocycles. The lowest BCUT2D eigenvalue weighted by Gasteiger charge is -2.35. The van der Waals surface area contributed by atoms with E-state index in [1.165, 1.54) is 28.9 Å². The van der Waals surface area contributed by atoms with Crippen LogP contribution < -0.4 is 10.0 Å². The Balaban J connectivity index is 1.47. The first-order valence-electron chi connectivity index (χ1n) is 12.5. The third-order valence-electron chi connectivity index (χ3n) is 6.73. The second-order valence-corrected chi connectivity index (χ2v) is 13.3. The Labute approximate surface area is 232 Å². The van der Waals surface area contributed by atoms with Crippen molar-refractivity contribution in [3.8, 4) is 10.4 Å². The van der Waals surface area contributed by atoms with Gasteiger partial charge in [-0.1, -0.05) is 45.0 Å². The third-order valence-corrected chi connectivity index (χ3v) is 9.20. The van der Waals surface area contributed by atoms with Gasteiger partial charge in [-0.2, -0.15) is 9.82 Å². The molecule has 0 bridgehead atoms. The van der Waals surface area contributed by atoms with E-state index in [9.17, 15) is 23.1 Å². The molecule has 11 nitrogen and oxygen atoms in total. The summed E-state index contributed by atoms with van der Waals surface area (Å²) >= 11 is 1.56. The predicted molar refractivity (Wildman–Crippen MR) is 147 cm³/mol. The fourth-order valence-corrected chi connectivity index (χ4v) is 6.90. The molecule has 13 heteroatoms. The summed E-state index contributed by atoms with van der Waals surface area (Å²) < 4.78 is 29.9. The van der Waals surface area contributed by atoms with Gasteiger partial charge in [0.15, 0.2) is 5.03 Å². The number of benzene rings is 1. The molecular weight excluding hydrogens is 540 g/mol. The van der Waals surface area contributed by atoms with E-state index in [2.05, 4.69) is 20.1 Å². The maximum atomic E-state index is 13.7. The summed E-state index contributed by atoms with van der Waals surface area (Å²) in [5, 5.41) is 17.1. The summed E-state index contributed by atoms with van der Waals surface area (Å²) in [5.41, 5.74) is 3.86. The maximum Gasteiger partial charge on any atom is 0.258 e. The molecule has 3 heterocycles. The normalized spacial score (nSPS) is 18.8. The van der Waals surface area contributed by atoms with Crippen LogP contribution in [0.25, 0.3) is 10.4 Å². The molecule has 210 valence electrons. The summed E-state index contributed by atoms with van der Waals surface area (Å²) in [6.45, 7) is 7.34. The van der Waals surface area contributed by atoms with E-state index in [4.69, 9.17) is 0 Å². The molecule has 0 unspecified atom stereocenters. The first-order valence-corrected chi connectivity index (χ1v) is 14.9. The van der Waals surface area contributed by atoms with Crippen LogP contribution in [0.2, 0.25) is 0 Å². The summed E-state index contributed by atoms with van der Waals surface area (Å²) in [6.07, 6.45) is 0.515. The van der Waals surface area contributed by atoms with Crippen LogP contribution in [0.15, 0.2) is 47.1 Å². The number of aliphatic hydroxyl groups is 1. The molecule has 0 aliphatic carbocycles. The zero-order valence-electron chi connectivity index (χ0n) is 22.6. The first kappa shape index (κ1) is 28.9. The Morgan fingerprint density at radius 1 is 1.21 bits per heavy atom. The smallest absolute Gasteiger partial charge is 0.258 e. The van der Waals surface area contributed by atoms with Crippen LogP contribution in [0.4, 0.5) is 0 Å². The van der Waals surface area contributed by atoms with Crippen LogP contribution in [0, 0.1) is 12.3 Å². The number of nitrogens with one attached hydrogen (secondary N) is 2. The molecule has 3 N–H and O–H groups in total. The van der Waals surface area contributed by atoms with Gasteiger partial charge in [0.2, 0.25) is 11.8 Å². The van der Waals surface area contributed by atoms with E-state index in [0.29, 0.717) is 0 Å². The van der Waals surface area contributed by atoms with Gasteiger partial charge in [0.1, 0.15) is 12.1 Å². The van der Waals surface area contributed by atoms with Crippen LogP contribution in [0.1, 0.15) is 38.4 Å². The number of likely N-dealkylation sites (tertiary alicyclic amines) is 1. The zero-order valence-corrected chi connectivity index (χ0v) is 24.2. The first-order chi connectivity index (χ1) is 18.3. The van der Waals surface area contributed by atoms with Gasteiger partial charge in [-0.05, 0) is 29.5 Å². The fraction of sp³-hybridized carbons (Fsp3) is 0.462. The van der Waals surface area contributed by atoms with E-state index < -0.39 is 45.4 Å². The zero-order chi connectivity index (χ0) is 28.5. The van der Waals surface area contributed by atoms with Crippen molar-refractivity contribution in [2.45, 2.75) is 63.9 Å². The second-order valence-electron chi connectivity index (χ2n) is 10.8. The molecule has 3 atom stereocenters. The van der Waals surface area contributed by atoms with Crippen molar-refractivity contribution in [1.82, 2.24) is 29.7 Å². The van der Waals surface area contributed by atoms with Gasteiger partial charge in [-0.15, -0.1) is 11.3 Å². The lowest BCUT2D eigenvalue weighted by Crippen LogP contribution is -2.57. The summed E-state index contributed by atoms with van der Waals surface area (Å²) in [5.74, 6) is -0.987. The minimum absolute atomic E-state index is 0.0620. The molecule has 0 saturated carbocycles. The summed E-state index contributed by atoms with van der Waals surface area (Å²) in [4.78, 5) is 33.6. The number of sulfonamides is 1. The van der Waals surface area contributed by atoms with Crippen molar-refractivity contribution in [3.63, 3.8) is 0 Å². The van der Waals surface area contributed by atoms with Crippen LogP contribution in [-0.2, 0) is 33.2 Å². The Bertz CT molecular complexity index is 1440. The Morgan fingerprint density at radius 3 is 2.46 bits per heavy atom. The molecule has 0 spiro atoms. The number of thiazole rings is 1. The Kier molecular flexibility index (Phi) is 8.26. The lowest BCUT2D eigenvalue weighted by atomic mass is 9.86. The Hall–Kier alpha value is -3.13. The number of hydrogen-bond donors (Lipinski definition) is 3. The van der Waals surface area contributed by atoms with Crippen molar-refractivity contribution >= 4 is 33.2 Å². The SMILES string of the molecule is Cc1ncsc1-c1ccc(CNC(=O)[C@@H]2C[C@@H](O)CN2C(=O)[C@@H](NS(=O)(=O)c2ccnn2C)C(C)(C)C)cc1. The molecule has 1 aliphatic rings. The highest BCUT2D eigenvalue weighted by atomic mass is 32.2. The number of aryl methyl sites for hydroxylation is 2. The second kappa shape index (κ2) is 11.2. The van der Waals surface area contributed by atoms with Crippen LogP contribution >= 0.6 is 11.3 Å². The number of carbonyl (C=O) groups is 2. The molecule has 3 aromatic rings. The number of aliphatic hydroxyl groups excluding tert-OH is 1. The average molecular weight is 575 g/mol. The van der Waals surface area contributed by atoms with E-state index in [-0.39, 0.29) is 24.5 Å². The van der Waals surface area contributed by atoms with Crippen molar-refractivity contribution in [2.24, 2.45) is 12.5 Å². The topological polar surface area (TPSA) is 147 Å². The third kappa shape index (κ3) is 6.38. The van der Waals surface area contributed by atoms with Gasteiger partial charge in [-0.3, -0.25) is 14.3 Å². The van der Waals surface area contributed by atoms with E-state index in [0.717, 1.165) is 21.7 Å². The van der Waals surface area contributed by atoms with Crippen LogP contribution in [0.3, 0.4) is 0 Å². The predicted octanol–water partition coefficient (Wildman–Crippen LogP) is 1.82. The highest BCUT2D eigenvalue weighted by molar-refractivity contribution is 7.89. The van der Waals surface area contributed by atoms with Gasteiger partial charge in [0.05, 0.1) is 28.4 Å². The Morgan fingerprint density at radius 2 is 1.90 bits per heavy atom. The van der Waals surface area contributed by atoms with Crippen molar-refractivity contribution in [2.75, 3.05) is 6.54 Å². The fourth-order valence-electron chi connectivity index (χ4n) is 4.57. The van der Waals surface area contributed by atoms with Crippen molar-refractivity contribution in [3.05, 3.63) is 53.3 Å². The summed E-state index contributed by atoms with van der Waals surface area (Å²) in [6, 6.07) is 7.01. The number of hydrogen-bond acceptors (Lipinski definition) is 8. The van der Waals surface area contributed by atoms with Crippen molar-refractivity contribution in [1.29, 1.82) is 0 Å². The number of amides is 2. The van der Waals surface area contributed by atoms with Gasteiger partial charge < -0.3 is 15.3 Å². The number of β-amino-alcohol motifs (C(OH)–C–C–N with tert-alkyl or cyclic N) is 1. The van der Waals surface area contributed by atoms with Crippen molar-refractivity contribution < 1.29 is 23.1 Å². The highest BCUT2D eigenvalue weighted by Gasteiger charge is 2.45. The largest absolute Gasteiger partial charge is 0.391 e. The maximum absolute atomic E-state index is 13.7. The molecule has 1 aliphatic heterocycles. The number of rotatable bonds is 8. The highest BCUT2D eigenvalue weighted by Crippen LogP contribution is 2.29. The van der Waals surface area contributed by atoms with Gasteiger partial charge in [0.25, 0.3) is 10.0 Å². The minimum Gasteiger partial charge on any atom is -0.391 e. The molecule has 4 rings (SSSR count). The molecular formula is C26H34N6O5S2. The van der Waals surface area contributed by atoms with Gasteiger partial charge >= 0.3 is 0 Å². The molecule has 1 aromatic carbocycles. The van der Waals surface area contributed by atoms with E-state index >= 15 is 0 Å². The quantitative estimate of drug-likeness (QED) is 0.372. The molecule has 1 saturated heterocycles. The summed E-state index contributed by atoms with van der Waals surface area (Å²) in [7, 11) is -2.59.